The number of amides is 3. The van der Waals surface area contributed by atoms with Crippen LogP contribution in [0.1, 0.15) is 47.8 Å². The Kier molecular flexibility index (Phi) is 5.69. The van der Waals surface area contributed by atoms with Crippen molar-refractivity contribution >= 4 is 34.2 Å². The topological polar surface area (TPSA) is 57.7 Å². The SMILES string of the molecule is Cc1cc(C)cc(C(=O)N(CCN2C(=O)c3cccc4cccc(c34)C2=O)c2ccccc2C)c1. The molecular weight excluding hydrogens is 436 g/mol. The summed E-state index contributed by atoms with van der Waals surface area (Å²) in [7, 11) is 0. The Balaban J connectivity index is 1.50. The van der Waals surface area contributed by atoms with Gasteiger partial charge >= 0.3 is 0 Å². The van der Waals surface area contributed by atoms with Crippen molar-refractivity contribution in [2.45, 2.75) is 20.8 Å². The molecule has 0 spiro atoms. The third kappa shape index (κ3) is 3.99. The number of hydrogen-bond donors (Lipinski definition) is 0. The summed E-state index contributed by atoms with van der Waals surface area (Å²) in [5, 5.41) is 1.57. The molecular formula is C30H26N2O3. The molecule has 0 saturated carbocycles. The third-order valence-electron chi connectivity index (χ3n) is 6.52. The Bertz CT molecular complexity index is 1430. The summed E-state index contributed by atoms with van der Waals surface area (Å²) in [6, 6.07) is 24.4. The second kappa shape index (κ2) is 8.84. The van der Waals surface area contributed by atoms with Crippen LogP contribution in [0.15, 0.2) is 78.9 Å². The fourth-order valence-electron chi connectivity index (χ4n) is 4.94. The first-order valence-electron chi connectivity index (χ1n) is 11.7. The minimum absolute atomic E-state index is 0.0905. The van der Waals surface area contributed by atoms with E-state index in [1.54, 1.807) is 17.0 Å². The number of para-hydroxylation sites is 1. The number of nitrogens with zero attached hydrogens (tertiary/aromatic N) is 2. The molecule has 4 aromatic carbocycles. The molecule has 0 fully saturated rings. The van der Waals surface area contributed by atoms with Crippen LogP contribution in [0, 0.1) is 20.8 Å². The van der Waals surface area contributed by atoms with Crippen molar-refractivity contribution in [3.05, 3.63) is 112 Å². The van der Waals surface area contributed by atoms with Gasteiger partial charge in [0.2, 0.25) is 0 Å². The largest absolute Gasteiger partial charge is 0.306 e. The predicted molar refractivity (Wildman–Crippen MR) is 138 cm³/mol. The maximum Gasteiger partial charge on any atom is 0.261 e. The molecule has 1 aliphatic heterocycles. The molecule has 0 N–H and O–H groups in total. The number of benzene rings is 4. The van der Waals surface area contributed by atoms with E-state index in [0.717, 1.165) is 27.8 Å². The van der Waals surface area contributed by atoms with Gasteiger partial charge in [0.15, 0.2) is 0 Å². The van der Waals surface area contributed by atoms with Gasteiger partial charge in [0.1, 0.15) is 0 Å². The predicted octanol–water partition coefficient (Wildman–Crippen LogP) is 5.71. The highest BCUT2D eigenvalue weighted by Gasteiger charge is 2.33. The average Bonchev–Trinajstić information content (AvgIpc) is 2.84. The van der Waals surface area contributed by atoms with Gasteiger partial charge in [-0.05, 0) is 62.1 Å². The van der Waals surface area contributed by atoms with E-state index in [1.807, 2.05) is 87.5 Å². The number of carbonyl (C=O) groups is 3. The van der Waals surface area contributed by atoms with Crippen LogP contribution in [-0.4, -0.2) is 35.7 Å². The summed E-state index contributed by atoms with van der Waals surface area (Å²) in [6.45, 7) is 6.15. The summed E-state index contributed by atoms with van der Waals surface area (Å²) in [5.74, 6) is -0.823. The van der Waals surface area contributed by atoms with Gasteiger partial charge in [0, 0.05) is 40.9 Å². The van der Waals surface area contributed by atoms with E-state index in [9.17, 15) is 14.4 Å². The Morgan fingerprint density at radius 3 is 1.97 bits per heavy atom. The van der Waals surface area contributed by atoms with Crippen LogP contribution in [0.2, 0.25) is 0 Å². The minimum atomic E-state index is -0.331. The molecule has 0 atom stereocenters. The molecule has 174 valence electrons. The van der Waals surface area contributed by atoms with E-state index in [-0.39, 0.29) is 30.8 Å². The highest BCUT2D eigenvalue weighted by Crippen LogP contribution is 2.30. The third-order valence-corrected chi connectivity index (χ3v) is 6.52. The van der Waals surface area contributed by atoms with Gasteiger partial charge in [-0.2, -0.15) is 0 Å². The molecule has 5 rings (SSSR count). The smallest absolute Gasteiger partial charge is 0.261 e. The lowest BCUT2D eigenvalue weighted by Gasteiger charge is -2.31. The Morgan fingerprint density at radius 2 is 1.37 bits per heavy atom. The summed E-state index contributed by atoms with van der Waals surface area (Å²) < 4.78 is 0. The van der Waals surface area contributed by atoms with E-state index in [2.05, 4.69) is 0 Å². The fourth-order valence-corrected chi connectivity index (χ4v) is 4.94. The van der Waals surface area contributed by atoms with Gasteiger partial charge in [0.05, 0.1) is 0 Å². The van der Waals surface area contributed by atoms with Gasteiger partial charge in [0.25, 0.3) is 17.7 Å². The van der Waals surface area contributed by atoms with Crippen molar-refractivity contribution in [1.29, 1.82) is 0 Å². The van der Waals surface area contributed by atoms with E-state index in [1.165, 1.54) is 4.90 Å². The highest BCUT2D eigenvalue weighted by atomic mass is 16.2. The van der Waals surface area contributed by atoms with Crippen molar-refractivity contribution in [2.24, 2.45) is 0 Å². The normalized spacial score (nSPS) is 12.8. The zero-order valence-corrected chi connectivity index (χ0v) is 20.0. The van der Waals surface area contributed by atoms with Gasteiger partial charge in [-0.25, -0.2) is 0 Å². The van der Waals surface area contributed by atoms with Gasteiger partial charge < -0.3 is 4.90 Å². The number of carbonyl (C=O) groups excluding carboxylic acids is 3. The Labute approximate surface area is 204 Å². The average molecular weight is 463 g/mol. The van der Waals surface area contributed by atoms with Crippen molar-refractivity contribution < 1.29 is 14.4 Å². The van der Waals surface area contributed by atoms with Crippen LogP contribution in [-0.2, 0) is 0 Å². The van der Waals surface area contributed by atoms with E-state index in [0.29, 0.717) is 22.1 Å². The molecule has 1 aliphatic rings. The van der Waals surface area contributed by atoms with Gasteiger partial charge in [-0.1, -0.05) is 59.7 Å². The molecule has 1 heterocycles. The van der Waals surface area contributed by atoms with Crippen molar-refractivity contribution in [2.75, 3.05) is 18.0 Å². The summed E-state index contributed by atoms with van der Waals surface area (Å²) in [4.78, 5) is 43.4. The highest BCUT2D eigenvalue weighted by molar-refractivity contribution is 6.25. The van der Waals surface area contributed by atoms with Crippen LogP contribution in [0.5, 0.6) is 0 Å². The number of anilines is 1. The van der Waals surface area contributed by atoms with Crippen LogP contribution in [0.25, 0.3) is 10.8 Å². The van der Waals surface area contributed by atoms with Gasteiger partial charge in [-0.3, -0.25) is 19.3 Å². The summed E-state index contributed by atoms with van der Waals surface area (Å²) in [6.07, 6.45) is 0. The van der Waals surface area contributed by atoms with Gasteiger partial charge in [-0.15, -0.1) is 0 Å². The van der Waals surface area contributed by atoms with E-state index in [4.69, 9.17) is 0 Å². The molecule has 0 aromatic heterocycles. The van der Waals surface area contributed by atoms with Crippen LogP contribution in [0.3, 0.4) is 0 Å². The fraction of sp³-hybridized carbons (Fsp3) is 0.167. The van der Waals surface area contributed by atoms with Crippen LogP contribution >= 0.6 is 0 Å². The molecule has 5 heteroatoms. The Hall–Kier alpha value is -4.25. The van der Waals surface area contributed by atoms with E-state index < -0.39 is 0 Å². The molecule has 0 bridgehead atoms. The maximum absolute atomic E-state index is 13.7. The maximum atomic E-state index is 13.7. The van der Waals surface area contributed by atoms with E-state index >= 15 is 0 Å². The molecule has 3 amide bonds. The number of imide groups is 1. The lowest BCUT2D eigenvalue weighted by atomic mass is 9.94. The minimum Gasteiger partial charge on any atom is -0.306 e. The molecule has 35 heavy (non-hydrogen) atoms. The number of hydrogen-bond acceptors (Lipinski definition) is 3. The first-order valence-corrected chi connectivity index (χ1v) is 11.7. The zero-order valence-electron chi connectivity index (χ0n) is 20.0. The second-order valence-corrected chi connectivity index (χ2v) is 9.09. The number of aryl methyl sites for hydroxylation is 3. The molecule has 0 unspecified atom stereocenters. The first-order chi connectivity index (χ1) is 16.8. The molecule has 5 nitrogen and oxygen atoms in total. The molecule has 0 saturated heterocycles. The monoisotopic (exact) mass is 462 g/mol. The van der Waals surface area contributed by atoms with Crippen molar-refractivity contribution in [1.82, 2.24) is 4.90 Å². The molecule has 4 aromatic rings. The molecule has 0 aliphatic carbocycles. The zero-order chi connectivity index (χ0) is 24.7. The van der Waals surface area contributed by atoms with Crippen molar-refractivity contribution in [3.8, 4) is 0 Å². The van der Waals surface area contributed by atoms with Crippen LogP contribution in [0.4, 0.5) is 5.69 Å². The van der Waals surface area contributed by atoms with Crippen LogP contribution < -0.4 is 4.90 Å². The summed E-state index contributed by atoms with van der Waals surface area (Å²) >= 11 is 0. The lowest BCUT2D eigenvalue weighted by molar-refractivity contribution is 0.0611. The van der Waals surface area contributed by atoms with Crippen molar-refractivity contribution in [3.63, 3.8) is 0 Å². The Morgan fingerprint density at radius 1 is 0.771 bits per heavy atom. The quantitative estimate of drug-likeness (QED) is 0.357. The summed E-state index contributed by atoms with van der Waals surface area (Å²) in [5.41, 5.74) is 5.32. The number of rotatable bonds is 5. The lowest BCUT2D eigenvalue weighted by Crippen LogP contribution is -2.46. The second-order valence-electron chi connectivity index (χ2n) is 9.09. The standard InChI is InChI=1S/C30H26N2O3/c1-19-16-20(2)18-23(17-19)28(33)31(26-13-5-4-8-21(26)3)14-15-32-29(34)24-11-6-9-22-10-7-12-25(27(22)24)30(32)35/h4-13,16-18H,14-15H2,1-3H3. The molecule has 0 radical (unpaired) electrons. The first kappa shape index (κ1) is 22.5.